The number of carbonyl (C=O) groups excluding carboxylic acids is 1. The first-order valence-corrected chi connectivity index (χ1v) is 9.18. The number of nitrogens with zero attached hydrogens (tertiary/aromatic N) is 1. The number of unbranched alkanes of at least 4 members (excludes halogenated alkanes) is 1. The molecule has 0 radical (unpaired) electrons. The van der Waals surface area contributed by atoms with Crippen LogP contribution in [0, 0.1) is 6.92 Å². The average Bonchev–Trinajstić information content (AvgIpc) is 2.41. The Kier molecular flexibility index (Phi) is 6.50. The van der Waals surface area contributed by atoms with Crippen LogP contribution in [0.1, 0.15) is 41.3 Å². The second kappa shape index (κ2) is 7.92. The summed E-state index contributed by atoms with van der Waals surface area (Å²) in [7, 11) is -3.47. The van der Waals surface area contributed by atoms with E-state index >= 15 is 0 Å². The summed E-state index contributed by atoms with van der Waals surface area (Å²) in [6, 6.07) is 3.05. The number of aliphatic imine (C=N–C) groups is 1. The summed E-state index contributed by atoms with van der Waals surface area (Å²) in [4.78, 5) is 15.6. The van der Waals surface area contributed by atoms with Crippen LogP contribution in [0.5, 0.6) is 0 Å². The zero-order valence-electron chi connectivity index (χ0n) is 13.7. The fourth-order valence-electron chi connectivity index (χ4n) is 2.16. The normalized spacial score (nSPS) is 11.6. The zero-order valence-corrected chi connectivity index (χ0v) is 14.5. The molecule has 0 aliphatic carbocycles. The van der Waals surface area contributed by atoms with Gasteiger partial charge in [0.25, 0.3) is 5.91 Å². The molecule has 23 heavy (non-hydrogen) atoms. The number of rotatable bonds is 6. The van der Waals surface area contributed by atoms with Gasteiger partial charge in [0, 0.05) is 11.8 Å². The van der Waals surface area contributed by atoms with Crippen LogP contribution in [0.15, 0.2) is 34.2 Å². The molecule has 0 atom stereocenters. The molecule has 4 N–H and O–H groups in total. The topological polar surface area (TPSA) is 116 Å². The molecule has 0 bridgehead atoms. The summed E-state index contributed by atoms with van der Waals surface area (Å²) in [5.74, 6) is -1.01. The standard InChI is InChI=1S/C16H23N3O3S/c1-4-5-6-7-8-12-9-11(2)13(15(20)19-16(17)18)10-14(12)23(3,21)22/h6-7,9-10H,4-5,8H2,1-3H3,(H4,17,18,19,20). The van der Waals surface area contributed by atoms with Crippen LogP contribution in [0.25, 0.3) is 0 Å². The highest BCUT2D eigenvalue weighted by Gasteiger charge is 2.18. The van der Waals surface area contributed by atoms with E-state index in [9.17, 15) is 13.2 Å². The Morgan fingerprint density at radius 3 is 2.43 bits per heavy atom. The van der Waals surface area contributed by atoms with E-state index < -0.39 is 15.7 Å². The van der Waals surface area contributed by atoms with Crippen LogP contribution in [0.3, 0.4) is 0 Å². The molecule has 1 aromatic carbocycles. The van der Waals surface area contributed by atoms with Crippen molar-refractivity contribution in [2.24, 2.45) is 16.5 Å². The molecule has 0 aromatic heterocycles. The minimum Gasteiger partial charge on any atom is -0.370 e. The van der Waals surface area contributed by atoms with Crippen LogP contribution in [0.2, 0.25) is 0 Å². The number of nitrogens with two attached hydrogens (primary N) is 2. The van der Waals surface area contributed by atoms with Crippen molar-refractivity contribution in [3.63, 3.8) is 0 Å². The molecule has 0 saturated carbocycles. The third-order valence-corrected chi connectivity index (χ3v) is 4.41. The van der Waals surface area contributed by atoms with Gasteiger partial charge in [-0.3, -0.25) is 4.79 Å². The Morgan fingerprint density at radius 1 is 1.26 bits per heavy atom. The van der Waals surface area contributed by atoms with Gasteiger partial charge in [-0.2, -0.15) is 4.99 Å². The predicted molar refractivity (Wildman–Crippen MR) is 92.2 cm³/mol. The van der Waals surface area contributed by atoms with Crippen molar-refractivity contribution in [1.82, 2.24) is 0 Å². The lowest BCUT2D eigenvalue weighted by Gasteiger charge is -2.11. The van der Waals surface area contributed by atoms with Crippen LogP contribution in [-0.4, -0.2) is 26.5 Å². The van der Waals surface area contributed by atoms with Gasteiger partial charge in [-0.1, -0.05) is 31.6 Å². The molecule has 1 rings (SSSR count). The monoisotopic (exact) mass is 337 g/mol. The average molecular weight is 337 g/mol. The maximum atomic E-state index is 12.0. The fraction of sp³-hybridized carbons (Fsp3) is 0.375. The summed E-state index contributed by atoms with van der Waals surface area (Å²) >= 11 is 0. The molecular weight excluding hydrogens is 314 g/mol. The summed E-state index contributed by atoms with van der Waals surface area (Å²) in [5.41, 5.74) is 11.9. The van der Waals surface area contributed by atoms with Crippen LogP contribution >= 0.6 is 0 Å². The highest BCUT2D eigenvalue weighted by molar-refractivity contribution is 7.90. The van der Waals surface area contributed by atoms with Gasteiger partial charge >= 0.3 is 0 Å². The first-order valence-electron chi connectivity index (χ1n) is 7.29. The van der Waals surface area contributed by atoms with Crippen molar-refractivity contribution in [1.29, 1.82) is 0 Å². The molecule has 0 aliphatic rings. The maximum absolute atomic E-state index is 12.0. The zero-order chi connectivity index (χ0) is 17.6. The van der Waals surface area contributed by atoms with Crippen molar-refractivity contribution in [2.45, 2.75) is 38.0 Å². The number of aryl methyl sites for hydroxylation is 1. The molecule has 6 nitrogen and oxygen atoms in total. The largest absolute Gasteiger partial charge is 0.370 e. The van der Waals surface area contributed by atoms with Gasteiger partial charge in [0.05, 0.1) is 4.90 Å². The second-order valence-electron chi connectivity index (χ2n) is 5.35. The van der Waals surface area contributed by atoms with E-state index in [2.05, 4.69) is 11.9 Å². The molecule has 0 fully saturated rings. The minimum atomic E-state index is -3.47. The number of allylic oxidation sites excluding steroid dienone is 2. The van der Waals surface area contributed by atoms with Crippen LogP contribution in [-0.2, 0) is 16.3 Å². The molecule has 0 spiro atoms. The Bertz CT molecular complexity index is 746. The second-order valence-corrected chi connectivity index (χ2v) is 7.34. The first-order chi connectivity index (χ1) is 10.7. The molecule has 0 aliphatic heterocycles. The summed E-state index contributed by atoms with van der Waals surface area (Å²) in [5, 5.41) is 0. The number of hydrogen-bond donors (Lipinski definition) is 2. The quantitative estimate of drug-likeness (QED) is 0.466. The Morgan fingerprint density at radius 2 is 1.91 bits per heavy atom. The lowest BCUT2D eigenvalue weighted by atomic mass is 10.0. The molecule has 0 unspecified atom stereocenters. The smallest absolute Gasteiger partial charge is 0.280 e. The fourth-order valence-corrected chi connectivity index (χ4v) is 3.11. The molecular formula is C16H23N3O3S. The van der Waals surface area contributed by atoms with E-state index in [1.54, 1.807) is 13.0 Å². The number of sulfone groups is 1. The van der Waals surface area contributed by atoms with E-state index in [4.69, 9.17) is 11.5 Å². The third kappa shape index (κ3) is 5.52. The molecule has 1 aromatic rings. The lowest BCUT2D eigenvalue weighted by molar-refractivity contribution is 0.100. The van der Waals surface area contributed by atoms with Gasteiger partial charge in [-0.15, -0.1) is 0 Å². The van der Waals surface area contributed by atoms with Gasteiger partial charge in [0.2, 0.25) is 0 Å². The first kappa shape index (κ1) is 18.9. The minimum absolute atomic E-state index is 0.124. The van der Waals surface area contributed by atoms with Gasteiger partial charge in [0.1, 0.15) is 0 Å². The third-order valence-electron chi connectivity index (χ3n) is 3.23. The SMILES string of the molecule is CCCC=CCc1cc(C)c(C(=O)N=C(N)N)cc1S(C)(=O)=O. The number of amides is 1. The molecule has 126 valence electrons. The van der Waals surface area contributed by atoms with Gasteiger partial charge in [-0.05, 0) is 37.0 Å². The Hall–Kier alpha value is -2.15. The molecule has 1 amide bonds. The van der Waals surface area contributed by atoms with E-state index in [-0.39, 0.29) is 16.4 Å². The number of benzene rings is 1. The van der Waals surface area contributed by atoms with Crippen molar-refractivity contribution < 1.29 is 13.2 Å². The molecule has 0 saturated heterocycles. The summed E-state index contributed by atoms with van der Waals surface area (Å²) in [6.45, 7) is 3.79. The van der Waals surface area contributed by atoms with E-state index in [1.165, 1.54) is 6.07 Å². The molecule has 0 heterocycles. The predicted octanol–water partition coefficient (Wildman–Crippen LogP) is 1.71. The Balaban J connectivity index is 3.36. The van der Waals surface area contributed by atoms with Gasteiger partial charge < -0.3 is 11.5 Å². The van der Waals surface area contributed by atoms with Gasteiger partial charge in [-0.25, -0.2) is 8.42 Å². The number of carbonyl (C=O) groups is 1. The van der Waals surface area contributed by atoms with Crippen molar-refractivity contribution in [3.8, 4) is 0 Å². The van der Waals surface area contributed by atoms with Crippen molar-refractivity contribution >= 4 is 21.7 Å². The lowest BCUT2D eigenvalue weighted by Crippen LogP contribution is -2.24. The van der Waals surface area contributed by atoms with Crippen molar-refractivity contribution in [2.75, 3.05) is 6.26 Å². The number of guanidine groups is 1. The highest BCUT2D eigenvalue weighted by atomic mass is 32.2. The van der Waals surface area contributed by atoms with E-state index in [0.717, 1.165) is 19.1 Å². The van der Waals surface area contributed by atoms with E-state index in [1.807, 2.05) is 12.2 Å². The van der Waals surface area contributed by atoms with Crippen LogP contribution < -0.4 is 11.5 Å². The molecule has 7 heteroatoms. The van der Waals surface area contributed by atoms with E-state index in [0.29, 0.717) is 17.5 Å². The number of hydrogen-bond acceptors (Lipinski definition) is 3. The van der Waals surface area contributed by atoms with Gasteiger partial charge in [0.15, 0.2) is 15.8 Å². The summed E-state index contributed by atoms with van der Waals surface area (Å²) < 4.78 is 24.1. The van der Waals surface area contributed by atoms with Crippen LogP contribution in [0.4, 0.5) is 0 Å². The maximum Gasteiger partial charge on any atom is 0.280 e. The Labute approximate surface area is 137 Å². The highest BCUT2D eigenvalue weighted by Crippen LogP contribution is 2.23. The summed E-state index contributed by atoms with van der Waals surface area (Å²) in [6.07, 6.45) is 7.52. The van der Waals surface area contributed by atoms with Crippen molar-refractivity contribution in [3.05, 3.63) is 41.0 Å².